The van der Waals surface area contributed by atoms with Gasteiger partial charge in [-0.2, -0.15) is 0 Å². The number of alkyl halides is 3. The fourth-order valence-electron chi connectivity index (χ4n) is 1.97. The molecule has 0 saturated carbocycles. The first-order valence-corrected chi connectivity index (χ1v) is 7.55. The van der Waals surface area contributed by atoms with Crippen molar-refractivity contribution in [3.63, 3.8) is 0 Å². The van der Waals surface area contributed by atoms with E-state index in [2.05, 4.69) is 22.9 Å². The predicted octanol–water partition coefficient (Wildman–Crippen LogP) is 5.90. The Morgan fingerprint density at radius 1 is 1.11 bits per heavy atom. The second kappa shape index (κ2) is 7.88. The molecule has 0 spiro atoms. The third-order valence-corrected chi connectivity index (χ3v) is 3.83. The first-order chi connectivity index (χ1) is 8.56. The molecule has 0 aliphatic heterocycles. The van der Waals surface area contributed by atoms with Gasteiger partial charge in [0.05, 0.1) is 0 Å². The molecule has 1 aromatic carbocycles. The summed E-state index contributed by atoms with van der Waals surface area (Å²) in [5, 5.41) is 0. The summed E-state index contributed by atoms with van der Waals surface area (Å²) in [6.07, 6.45) is 5.22. The molecule has 0 N–H and O–H groups in total. The SMILES string of the molecule is CCCCCCC(Br)CC(F)(F)c1ccccc1. The summed E-state index contributed by atoms with van der Waals surface area (Å²) in [6, 6.07) is 8.07. The van der Waals surface area contributed by atoms with E-state index in [1.165, 1.54) is 25.0 Å². The maximum atomic E-state index is 14.0. The van der Waals surface area contributed by atoms with Crippen molar-refractivity contribution >= 4 is 15.9 Å². The monoisotopic (exact) mass is 318 g/mol. The molecule has 102 valence electrons. The maximum Gasteiger partial charge on any atom is 0.274 e. The van der Waals surface area contributed by atoms with E-state index in [1.54, 1.807) is 18.2 Å². The summed E-state index contributed by atoms with van der Waals surface area (Å²) in [7, 11) is 0. The number of benzene rings is 1. The van der Waals surface area contributed by atoms with Gasteiger partial charge in [0.25, 0.3) is 5.92 Å². The van der Waals surface area contributed by atoms with Crippen molar-refractivity contribution < 1.29 is 8.78 Å². The minimum absolute atomic E-state index is 0.107. The number of hydrogen-bond acceptors (Lipinski definition) is 0. The highest BCUT2D eigenvalue weighted by atomic mass is 79.9. The van der Waals surface area contributed by atoms with Crippen molar-refractivity contribution in [2.24, 2.45) is 0 Å². The summed E-state index contributed by atoms with van der Waals surface area (Å²) in [5.41, 5.74) is 0.114. The van der Waals surface area contributed by atoms with E-state index >= 15 is 0 Å². The smallest absolute Gasteiger partial charge is 0.201 e. The quantitative estimate of drug-likeness (QED) is 0.413. The number of halogens is 3. The lowest BCUT2D eigenvalue weighted by Gasteiger charge is -2.20. The van der Waals surface area contributed by atoms with Gasteiger partial charge in [-0.25, -0.2) is 8.78 Å². The van der Waals surface area contributed by atoms with E-state index in [0.717, 1.165) is 19.3 Å². The molecule has 3 heteroatoms. The molecule has 0 aromatic heterocycles. The summed E-state index contributed by atoms with van der Waals surface area (Å²) in [6.45, 7) is 2.15. The molecule has 1 unspecified atom stereocenters. The van der Waals surface area contributed by atoms with Crippen LogP contribution in [-0.2, 0) is 5.92 Å². The van der Waals surface area contributed by atoms with Crippen molar-refractivity contribution in [1.82, 2.24) is 0 Å². The van der Waals surface area contributed by atoms with Crippen LogP contribution in [0.15, 0.2) is 30.3 Å². The molecular formula is C15H21BrF2. The van der Waals surface area contributed by atoms with E-state index in [-0.39, 0.29) is 16.8 Å². The summed E-state index contributed by atoms with van der Waals surface area (Å²) < 4.78 is 27.9. The highest BCUT2D eigenvalue weighted by molar-refractivity contribution is 9.09. The van der Waals surface area contributed by atoms with Gasteiger partial charge in [0.2, 0.25) is 0 Å². The van der Waals surface area contributed by atoms with Gasteiger partial charge < -0.3 is 0 Å². The minimum atomic E-state index is -2.74. The van der Waals surface area contributed by atoms with E-state index in [1.807, 2.05) is 0 Å². The van der Waals surface area contributed by atoms with E-state index in [0.29, 0.717) is 0 Å². The van der Waals surface area contributed by atoms with Crippen molar-refractivity contribution in [3.05, 3.63) is 35.9 Å². The normalized spacial score (nSPS) is 13.6. The molecule has 0 heterocycles. The molecule has 0 radical (unpaired) electrons. The molecule has 0 amide bonds. The van der Waals surface area contributed by atoms with E-state index in [4.69, 9.17) is 0 Å². The average Bonchev–Trinajstić information content (AvgIpc) is 2.35. The predicted molar refractivity (Wildman–Crippen MR) is 76.4 cm³/mol. The molecular weight excluding hydrogens is 298 g/mol. The van der Waals surface area contributed by atoms with Gasteiger partial charge in [0.1, 0.15) is 0 Å². The van der Waals surface area contributed by atoms with Crippen molar-refractivity contribution in [3.8, 4) is 0 Å². The summed E-state index contributed by atoms with van der Waals surface area (Å²) in [5.74, 6) is -2.74. The summed E-state index contributed by atoms with van der Waals surface area (Å²) >= 11 is 3.38. The molecule has 0 aliphatic rings. The third kappa shape index (κ3) is 5.47. The molecule has 0 aliphatic carbocycles. The van der Waals surface area contributed by atoms with Gasteiger partial charge >= 0.3 is 0 Å². The zero-order valence-corrected chi connectivity index (χ0v) is 12.4. The first kappa shape index (κ1) is 15.6. The molecule has 1 aromatic rings. The van der Waals surface area contributed by atoms with Gasteiger partial charge in [0.15, 0.2) is 0 Å². The topological polar surface area (TPSA) is 0 Å². The van der Waals surface area contributed by atoms with Crippen LogP contribution in [0, 0.1) is 0 Å². The fourth-order valence-corrected chi connectivity index (χ4v) is 2.70. The van der Waals surface area contributed by atoms with Gasteiger partial charge in [-0.05, 0) is 6.42 Å². The van der Waals surface area contributed by atoms with Crippen LogP contribution in [0.5, 0.6) is 0 Å². The lowest BCUT2D eigenvalue weighted by molar-refractivity contribution is -0.0136. The Morgan fingerprint density at radius 2 is 1.78 bits per heavy atom. The summed E-state index contributed by atoms with van der Waals surface area (Å²) in [4.78, 5) is -0.107. The number of hydrogen-bond donors (Lipinski definition) is 0. The largest absolute Gasteiger partial charge is 0.274 e. The molecule has 0 fully saturated rings. The van der Waals surface area contributed by atoms with Gasteiger partial charge in [-0.15, -0.1) is 0 Å². The second-order valence-corrected chi connectivity index (χ2v) is 6.02. The Kier molecular flexibility index (Phi) is 6.83. The van der Waals surface area contributed by atoms with Crippen LogP contribution in [0.2, 0.25) is 0 Å². The Balaban J connectivity index is 2.40. The molecule has 1 atom stereocenters. The lowest BCUT2D eigenvalue weighted by atomic mass is 10.0. The van der Waals surface area contributed by atoms with Crippen LogP contribution in [0.25, 0.3) is 0 Å². The Morgan fingerprint density at radius 3 is 2.39 bits per heavy atom. The zero-order valence-electron chi connectivity index (χ0n) is 10.8. The van der Waals surface area contributed by atoms with Gasteiger partial charge in [-0.3, -0.25) is 0 Å². The second-order valence-electron chi connectivity index (χ2n) is 4.72. The van der Waals surface area contributed by atoms with Crippen LogP contribution >= 0.6 is 15.9 Å². The van der Waals surface area contributed by atoms with E-state index in [9.17, 15) is 8.78 Å². The highest BCUT2D eigenvalue weighted by Crippen LogP contribution is 2.35. The van der Waals surface area contributed by atoms with Crippen molar-refractivity contribution in [2.45, 2.75) is 56.2 Å². The molecule has 0 nitrogen and oxygen atoms in total. The maximum absolute atomic E-state index is 14.0. The Bertz CT molecular complexity index is 325. The standard InChI is InChI=1S/C15H21BrF2/c1-2-3-4-8-11-14(16)12-15(17,18)13-9-6-5-7-10-13/h5-7,9-10,14H,2-4,8,11-12H2,1H3. The van der Waals surface area contributed by atoms with Crippen LogP contribution < -0.4 is 0 Å². The van der Waals surface area contributed by atoms with E-state index < -0.39 is 5.92 Å². The van der Waals surface area contributed by atoms with Gasteiger partial charge in [0, 0.05) is 16.8 Å². The fraction of sp³-hybridized carbons (Fsp3) is 0.600. The molecule has 18 heavy (non-hydrogen) atoms. The Hall–Kier alpha value is -0.440. The van der Waals surface area contributed by atoms with Crippen LogP contribution in [0.1, 0.15) is 51.0 Å². The lowest BCUT2D eigenvalue weighted by Crippen LogP contribution is -2.18. The average molecular weight is 319 g/mol. The Labute approximate surface area is 117 Å². The third-order valence-electron chi connectivity index (χ3n) is 3.04. The minimum Gasteiger partial charge on any atom is -0.201 e. The van der Waals surface area contributed by atoms with Crippen LogP contribution in [0.4, 0.5) is 8.78 Å². The molecule has 1 rings (SSSR count). The first-order valence-electron chi connectivity index (χ1n) is 6.63. The molecule has 0 bridgehead atoms. The van der Waals surface area contributed by atoms with Crippen LogP contribution in [0.3, 0.4) is 0 Å². The van der Waals surface area contributed by atoms with Crippen molar-refractivity contribution in [1.29, 1.82) is 0 Å². The number of unbranched alkanes of at least 4 members (excludes halogenated alkanes) is 3. The highest BCUT2D eigenvalue weighted by Gasteiger charge is 2.33. The van der Waals surface area contributed by atoms with Crippen LogP contribution in [-0.4, -0.2) is 4.83 Å². The molecule has 0 saturated heterocycles. The number of rotatable bonds is 8. The zero-order chi connectivity index (χ0) is 13.4. The van der Waals surface area contributed by atoms with Crippen molar-refractivity contribution in [2.75, 3.05) is 0 Å². The van der Waals surface area contributed by atoms with Gasteiger partial charge in [-0.1, -0.05) is 78.9 Å².